The Morgan fingerprint density at radius 1 is 1.20 bits per heavy atom. The third kappa shape index (κ3) is 4.40. The molecule has 20 heavy (non-hydrogen) atoms. The minimum absolute atomic E-state index is 0.0448. The zero-order valence-corrected chi connectivity index (χ0v) is 11.8. The SMILES string of the molecule is C#CCNCC(=O)NC1CCC(c2ccccc2)CC1. The van der Waals surface area contributed by atoms with Crippen molar-refractivity contribution in [2.75, 3.05) is 13.1 Å². The van der Waals surface area contributed by atoms with E-state index >= 15 is 0 Å². The summed E-state index contributed by atoms with van der Waals surface area (Å²) in [7, 11) is 0. The van der Waals surface area contributed by atoms with Gasteiger partial charge < -0.3 is 5.32 Å². The Balaban J connectivity index is 1.72. The molecule has 1 aliphatic carbocycles. The Kier molecular flexibility index (Phi) is 5.64. The van der Waals surface area contributed by atoms with Crippen LogP contribution in [0.4, 0.5) is 0 Å². The molecule has 0 aliphatic heterocycles. The molecule has 1 fully saturated rings. The Morgan fingerprint density at radius 3 is 2.55 bits per heavy atom. The summed E-state index contributed by atoms with van der Waals surface area (Å²) in [6.45, 7) is 0.747. The number of benzene rings is 1. The molecule has 1 saturated carbocycles. The van der Waals surface area contributed by atoms with Crippen LogP contribution >= 0.6 is 0 Å². The second kappa shape index (κ2) is 7.72. The summed E-state index contributed by atoms with van der Waals surface area (Å²) in [6, 6.07) is 11.0. The molecule has 1 aromatic carbocycles. The van der Waals surface area contributed by atoms with Crippen molar-refractivity contribution in [3.05, 3.63) is 35.9 Å². The maximum absolute atomic E-state index is 11.7. The fraction of sp³-hybridized carbons (Fsp3) is 0.471. The van der Waals surface area contributed by atoms with Crippen LogP contribution in [0.5, 0.6) is 0 Å². The zero-order valence-electron chi connectivity index (χ0n) is 11.8. The number of amides is 1. The zero-order chi connectivity index (χ0) is 14.2. The molecule has 0 radical (unpaired) electrons. The molecule has 0 spiro atoms. The van der Waals surface area contributed by atoms with E-state index in [-0.39, 0.29) is 5.91 Å². The normalized spacial score (nSPS) is 21.9. The Bertz CT molecular complexity index is 456. The van der Waals surface area contributed by atoms with Gasteiger partial charge in [0.25, 0.3) is 0 Å². The number of nitrogens with one attached hydrogen (secondary N) is 2. The molecule has 1 aromatic rings. The van der Waals surface area contributed by atoms with Gasteiger partial charge in [0.2, 0.25) is 5.91 Å². The molecule has 0 bridgehead atoms. The van der Waals surface area contributed by atoms with Crippen molar-refractivity contribution in [1.82, 2.24) is 10.6 Å². The lowest BCUT2D eigenvalue weighted by molar-refractivity contribution is -0.121. The average Bonchev–Trinajstić information content (AvgIpc) is 2.49. The molecule has 0 unspecified atom stereocenters. The highest BCUT2D eigenvalue weighted by Gasteiger charge is 2.23. The highest BCUT2D eigenvalue weighted by atomic mass is 16.1. The van der Waals surface area contributed by atoms with Gasteiger partial charge in [-0.25, -0.2) is 0 Å². The molecule has 0 saturated heterocycles. The van der Waals surface area contributed by atoms with Gasteiger partial charge >= 0.3 is 0 Å². The lowest BCUT2D eigenvalue weighted by Gasteiger charge is -2.29. The van der Waals surface area contributed by atoms with Crippen LogP contribution in [-0.2, 0) is 4.79 Å². The monoisotopic (exact) mass is 270 g/mol. The van der Waals surface area contributed by atoms with Crippen molar-refractivity contribution < 1.29 is 4.79 Å². The Hall–Kier alpha value is -1.79. The second-order valence-corrected chi connectivity index (χ2v) is 5.33. The topological polar surface area (TPSA) is 41.1 Å². The molecule has 3 heteroatoms. The van der Waals surface area contributed by atoms with E-state index in [1.54, 1.807) is 0 Å². The lowest BCUT2D eigenvalue weighted by atomic mass is 9.82. The van der Waals surface area contributed by atoms with Crippen LogP contribution in [0.2, 0.25) is 0 Å². The minimum atomic E-state index is 0.0448. The fourth-order valence-electron chi connectivity index (χ4n) is 2.82. The Labute approximate surface area is 121 Å². The summed E-state index contributed by atoms with van der Waals surface area (Å²) < 4.78 is 0. The molecule has 0 aromatic heterocycles. The second-order valence-electron chi connectivity index (χ2n) is 5.33. The summed E-state index contributed by atoms with van der Waals surface area (Å²) in [4.78, 5) is 11.7. The molecule has 0 atom stereocenters. The predicted molar refractivity (Wildman–Crippen MR) is 81.3 cm³/mol. The van der Waals surface area contributed by atoms with E-state index in [4.69, 9.17) is 6.42 Å². The van der Waals surface area contributed by atoms with E-state index < -0.39 is 0 Å². The highest BCUT2D eigenvalue weighted by molar-refractivity contribution is 5.78. The van der Waals surface area contributed by atoms with Crippen LogP contribution in [-0.4, -0.2) is 25.0 Å². The van der Waals surface area contributed by atoms with Crippen LogP contribution < -0.4 is 10.6 Å². The number of terminal acetylenes is 1. The largest absolute Gasteiger partial charge is 0.352 e. The van der Waals surface area contributed by atoms with E-state index in [2.05, 4.69) is 46.9 Å². The highest BCUT2D eigenvalue weighted by Crippen LogP contribution is 2.32. The van der Waals surface area contributed by atoms with Crippen LogP contribution in [0.25, 0.3) is 0 Å². The standard InChI is InChI=1S/C17H22N2O/c1-2-12-18-13-17(20)19-16-10-8-15(9-11-16)14-6-4-3-5-7-14/h1,3-7,15-16,18H,8-13H2,(H,19,20). The van der Waals surface area contributed by atoms with Crippen LogP contribution in [0, 0.1) is 12.3 Å². The van der Waals surface area contributed by atoms with Gasteiger partial charge in [0, 0.05) is 6.04 Å². The van der Waals surface area contributed by atoms with E-state index in [1.807, 2.05) is 0 Å². The minimum Gasteiger partial charge on any atom is -0.352 e. The first-order valence-corrected chi connectivity index (χ1v) is 7.28. The Morgan fingerprint density at radius 2 is 1.90 bits per heavy atom. The van der Waals surface area contributed by atoms with Crippen LogP contribution in [0.3, 0.4) is 0 Å². The van der Waals surface area contributed by atoms with E-state index in [1.165, 1.54) is 5.56 Å². The summed E-state index contributed by atoms with van der Waals surface area (Å²) >= 11 is 0. The molecule has 2 N–H and O–H groups in total. The number of hydrogen-bond donors (Lipinski definition) is 2. The van der Waals surface area contributed by atoms with Crippen molar-refractivity contribution in [1.29, 1.82) is 0 Å². The molecule has 3 nitrogen and oxygen atoms in total. The number of carbonyl (C=O) groups excluding carboxylic acids is 1. The quantitative estimate of drug-likeness (QED) is 0.635. The average molecular weight is 270 g/mol. The summed E-state index contributed by atoms with van der Waals surface area (Å²) in [5.74, 6) is 3.15. The number of hydrogen-bond acceptors (Lipinski definition) is 2. The molecular weight excluding hydrogens is 248 g/mol. The van der Waals surface area contributed by atoms with Crippen molar-refractivity contribution in [3.8, 4) is 12.3 Å². The molecule has 106 valence electrons. The molecule has 1 amide bonds. The van der Waals surface area contributed by atoms with Gasteiger partial charge in [0.05, 0.1) is 13.1 Å². The van der Waals surface area contributed by atoms with Gasteiger partial charge in [-0.3, -0.25) is 10.1 Å². The first-order chi connectivity index (χ1) is 9.79. The first-order valence-electron chi connectivity index (χ1n) is 7.28. The molecule has 0 heterocycles. The summed E-state index contributed by atoms with van der Waals surface area (Å²) in [6.07, 6.45) is 9.53. The van der Waals surface area contributed by atoms with Gasteiger partial charge in [0.1, 0.15) is 0 Å². The summed E-state index contributed by atoms with van der Waals surface area (Å²) in [5.41, 5.74) is 1.42. The smallest absolute Gasteiger partial charge is 0.234 e. The van der Waals surface area contributed by atoms with Crippen molar-refractivity contribution in [2.45, 2.75) is 37.6 Å². The third-order valence-electron chi connectivity index (χ3n) is 3.88. The third-order valence-corrected chi connectivity index (χ3v) is 3.88. The van der Waals surface area contributed by atoms with Crippen molar-refractivity contribution in [3.63, 3.8) is 0 Å². The van der Waals surface area contributed by atoms with E-state index in [0.717, 1.165) is 25.7 Å². The maximum atomic E-state index is 11.7. The fourth-order valence-corrected chi connectivity index (χ4v) is 2.82. The van der Waals surface area contributed by atoms with Crippen molar-refractivity contribution in [2.24, 2.45) is 0 Å². The van der Waals surface area contributed by atoms with Crippen LogP contribution in [0.15, 0.2) is 30.3 Å². The lowest BCUT2D eigenvalue weighted by Crippen LogP contribution is -2.42. The van der Waals surface area contributed by atoms with Crippen LogP contribution in [0.1, 0.15) is 37.2 Å². The van der Waals surface area contributed by atoms with Gasteiger partial charge in [-0.05, 0) is 37.2 Å². The van der Waals surface area contributed by atoms with Crippen molar-refractivity contribution >= 4 is 5.91 Å². The number of rotatable bonds is 5. The molecule has 1 aliphatic rings. The predicted octanol–water partition coefficient (Wildman–Crippen LogP) is 2.05. The maximum Gasteiger partial charge on any atom is 0.234 e. The number of carbonyl (C=O) groups is 1. The molecular formula is C17H22N2O. The van der Waals surface area contributed by atoms with Gasteiger partial charge in [-0.2, -0.15) is 0 Å². The van der Waals surface area contributed by atoms with E-state index in [9.17, 15) is 4.79 Å². The summed E-state index contributed by atoms with van der Waals surface area (Å²) in [5, 5.41) is 5.99. The first kappa shape index (κ1) is 14.6. The molecule has 2 rings (SSSR count). The van der Waals surface area contributed by atoms with Gasteiger partial charge in [0.15, 0.2) is 0 Å². The van der Waals surface area contributed by atoms with Gasteiger partial charge in [-0.15, -0.1) is 6.42 Å². The van der Waals surface area contributed by atoms with E-state index in [0.29, 0.717) is 25.0 Å². The van der Waals surface area contributed by atoms with Gasteiger partial charge in [-0.1, -0.05) is 36.3 Å².